The van der Waals surface area contributed by atoms with E-state index in [-0.39, 0.29) is 18.0 Å². The SMILES string of the molecule is CC(=O)N1c2ccc(Br)cc2[C@@H](Nc2ccc(Br)cc2)C[C@@H]1C. The first kappa shape index (κ1) is 16.5. The number of benzene rings is 2. The minimum absolute atomic E-state index is 0.0863. The fraction of sp³-hybridized carbons (Fsp3) is 0.278. The fourth-order valence-corrected chi connectivity index (χ4v) is 3.84. The van der Waals surface area contributed by atoms with Crippen LogP contribution in [0.4, 0.5) is 11.4 Å². The molecule has 0 saturated carbocycles. The summed E-state index contributed by atoms with van der Waals surface area (Å²) in [5, 5.41) is 3.60. The van der Waals surface area contributed by atoms with Crippen molar-refractivity contribution < 1.29 is 4.79 Å². The average Bonchev–Trinajstić information content (AvgIpc) is 2.49. The molecule has 0 radical (unpaired) electrons. The van der Waals surface area contributed by atoms with Gasteiger partial charge in [-0.3, -0.25) is 4.79 Å². The van der Waals surface area contributed by atoms with E-state index in [1.807, 2.05) is 29.2 Å². The highest BCUT2D eigenvalue weighted by atomic mass is 79.9. The van der Waals surface area contributed by atoms with Crippen molar-refractivity contribution in [2.24, 2.45) is 0 Å². The van der Waals surface area contributed by atoms with E-state index in [0.717, 1.165) is 32.3 Å². The molecule has 0 spiro atoms. The van der Waals surface area contributed by atoms with Gasteiger partial charge in [-0.15, -0.1) is 0 Å². The van der Waals surface area contributed by atoms with Crippen LogP contribution in [0.15, 0.2) is 51.4 Å². The van der Waals surface area contributed by atoms with Gasteiger partial charge in [0.2, 0.25) is 5.91 Å². The Morgan fingerprint density at radius 2 is 1.78 bits per heavy atom. The summed E-state index contributed by atoms with van der Waals surface area (Å²) in [4.78, 5) is 13.9. The lowest BCUT2D eigenvalue weighted by molar-refractivity contribution is -0.117. The molecule has 0 unspecified atom stereocenters. The van der Waals surface area contributed by atoms with E-state index >= 15 is 0 Å². The van der Waals surface area contributed by atoms with Gasteiger partial charge in [-0.25, -0.2) is 0 Å². The molecular weight excluding hydrogens is 420 g/mol. The molecule has 3 nitrogen and oxygen atoms in total. The zero-order valence-corrected chi connectivity index (χ0v) is 16.2. The summed E-state index contributed by atoms with van der Waals surface area (Å²) in [5.41, 5.74) is 3.22. The van der Waals surface area contributed by atoms with E-state index in [2.05, 4.69) is 62.3 Å². The summed E-state index contributed by atoms with van der Waals surface area (Å²) < 4.78 is 2.09. The van der Waals surface area contributed by atoms with Crippen LogP contribution >= 0.6 is 31.9 Å². The van der Waals surface area contributed by atoms with Crippen molar-refractivity contribution in [1.82, 2.24) is 0 Å². The molecule has 2 aromatic rings. The Labute approximate surface area is 153 Å². The molecule has 1 aliphatic heterocycles. The molecule has 0 aromatic heterocycles. The zero-order chi connectivity index (χ0) is 16.6. The normalized spacial score (nSPS) is 20.1. The van der Waals surface area contributed by atoms with E-state index in [0.29, 0.717) is 0 Å². The van der Waals surface area contributed by atoms with Crippen molar-refractivity contribution in [2.45, 2.75) is 32.4 Å². The maximum absolute atomic E-state index is 12.0. The summed E-state index contributed by atoms with van der Waals surface area (Å²) in [6.45, 7) is 3.73. The van der Waals surface area contributed by atoms with Crippen molar-refractivity contribution >= 4 is 49.1 Å². The van der Waals surface area contributed by atoms with Crippen LogP contribution in [0.2, 0.25) is 0 Å². The number of carbonyl (C=O) groups excluding carboxylic acids is 1. The van der Waals surface area contributed by atoms with Gasteiger partial charge in [0.25, 0.3) is 0 Å². The van der Waals surface area contributed by atoms with E-state index in [1.54, 1.807) is 6.92 Å². The first-order valence-electron chi connectivity index (χ1n) is 7.57. The minimum atomic E-state index is 0.0863. The number of halogens is 2. The number of nitrogens with one attached hydrogen (secondary N) is 1. The van der Waals surface area contributed by atoms with E-state index < -0.39 is 0 Å². The number of fused-ring (bicyclic) bond motifs is 1. The number of anilines is 2. The van der Waals surface area contributed by atoms with E-state index in [1.165, 1.54) is 0 Å². The van der Waals surface area contributed by atoms with Crippen LogP contribution in [0.1, 0.15) is 31.9 Å². The zero-order valence-electron chi connectivity index (χ0n) is 13.0. The third-order valence-electron chi connectivity index (χ3n) is 4.17. The molecule has 0 saturated heterocycles. The first-order chi connectivity index (χ1) is 11.0. The van der Waals surface area contributed by atoms with Gasteiger partial charge in [0.1, 0.15) is 0 Å². The number of rotatable bonds is 2. The highest BCUT2D eigenvalue weighted by molar-refractivity contribution is 9.10. The number of nitrogens with zero attached hydrogens (tertiary/aromatic N) is 1. The van der Waals surface area contributed by atoms with Gasteiger partial charge in [-0.1, -0.05) is 31.9 Å². The van der Waals surface area contributed by atoms with Crippen molar-refractivity contribution in [1.29, 1.82) is 0 Å². The lowest BCUT2D eigenvalue weighted by Gasteiger charge is -2.39. The van der Waals surface area contributed by atoms with Gasteiger partial charge in [0.05, 0.1) is 6.04 Å². The van der Waals surface area contributed by atoms with Crippen LogP contribution in [0.3, 0.4) is 0 Å². The Balaban J connectivity index is 1.98. The molecule has 0 bridgehead atoms. The Morgan fingerprint density at radius 3 is 2.43 bits per heavy atom. The second-order valence-corrected chi connectivity index (χ2v) is 7.71. The highest BCUT2D eigenvalue weighted by Crippen LogP contribution is 2.40. The van der Waals surface area contributed by atoms with Gasteiger partial charge in [-0.05, 0) is 61.4 Å². The monoisotopic (exact) mass is 436 g/mol. The van der Waals surface area contributed by atoms with Gasteiger partial charge < -0.3 is 10.2 Å². The standard InChI is InChI=1S/C18H18Br2N2O/c1-11-9-17(21-15-6-3-13(19)4-7-15)16-10-14(20)5-8-18(16)22(11)12(2)23/h3-8,10-11,17,21H,9H2,1-2H3/t11-,17-/m0/s1. The summed E-state index contributed by atoms with van der Waals surface area (Å²) in [6.07, 6.45) is 0.874. The molecule has 0 fully saturated rings. The first-order valence-corrected chi connectivity index (χ1v) is 9.15. The minimum Gasteiger partial charge on any atom is -0.378 e. The topological polar surface area (TPSA) is 32.3 Å². The molecule has 0 aliphatic carbocycles. The maximum Gasteiger partial charge on any atom is 0.224 e. The second-order valence-electron chi connectivity index (χ2n) is 5.88. The predicted molar refractivity (Wildman–Crippen MR) is 102 cm³/mol. The molecule has 1 aliphatic rings. The molecule has 2 aromatic carbocycles. The second kappa shape index (κ2) is 6.65. The lowest BCUT2D eigenvalue weighted by Crippen LogP contribution is -2.43. The molecule has 5 heteroatoms. The quantitative estimate of drug-likeness (QED) is 0.671. The van der Waals surface area contributed by atoms with Crippen molar-refractivity contribution in [3.63, 3.8) is 0 Å². The van der Waals surface area contributed by atoms with E-state index in [4.69, 9.17) is 0 Å². The molecule has 1 heterocycles. The van der Waals surface area contributed by atoms with Crippen molar-refractivity contribution in [2.75, 3.05) is 10.2 Å². The van der Waals surface area contributed by atoms with Gasteiger partial charge in [0.15, 0.2) is 0 Å². The summed E-state index contributed by atoms with van der Waals surface area (Å²) >= 11 is 7.01. The lowest BCUT2D eigenvalue weighted by atomic mass is 9.91. The summed E-state index contributed by atoms with van der Waals surface area (Å²) in [5.74, 6) is 0.0863. The third kappa shape index (κ3) is 3.45. The largest absolute Gasteiger partial charge is 0.378 e. The Kier molecular flexibility index (Phi) is 4.78. The Hall–Kier alpha value is -1.33. The molecule has 1 N–H and O–H groups in total. The molecule has 1 amide bonds. The third-order valence-corrected chi connectivity index (χ3v) is 5.19. The van der Waals surface area contributed by atoms with Crippen LogP contribution < -0.4 is 10.2 Å². The summed E-state index contributed by atoms with van der Waals surface area (Å²) in [6, 6.07) is 14.6. The average molecular weight is 438 g/mol. The van der Waals surface area contributed by atoms with Crippen LogP contribution in [0.25, 0.3) is 0 Å². The number of hydrogen-bond acceptors (Lipinski definition) is 2. The Bertz CT molecular complexity index is 730. The number of hydrogen-bond donors (Lipinski definition) is 1. The molecule has 2 atom stereocenters. The highest BCUT2D eigenvalue weighted by Gasteiger charge is 2.32. The molecular formula is C18H18Br2N2O. The van der Waals surface area contributed by atoms with Crippen LogP contribution in [0.5, 0.6) is 0 Å². The van der Waals surface area contributed by atoms with Crippen LogP contribution in [-0.2, 0) is 4.79 Å². The van der Waals surface area contributed by atoms with Gasteiger partial charge >= 0.3 is 0 Å². The van der Waals surface area contributed by atoms with Crippen molar-refractivity contribution in [3.05, 3.63) is 57.0 Å². The number of carbonyl (C=O) groups is 1. The van der Waals surface area contributed by atoms with E-state index in [9.17, 15) is 4.79 Å². The fourth-order valence-electron chi connectivity index (χ4n) is 3.20. The summed E-state index contributed by atoms with van der Waals surface area (Å²) in [7, 11) is 0. The maximum atomic E-state index is 12.0. The van der Waals surface area contributed by atoms with Crippen LogP contribution in [-0.4, -0.2) is 11.9 Å². The molecule has 23 heavy (non-hydrogen) atoms. The predicted octanol–water partition coefficient (Wildman–Crippen LogP) is 5.51. The molecule has 120 valence electrons. The van der Waals surface area contributed by atoms with Crippen molar-refractivity contribution in [3.8, 4) is 0 Å². The number of amides is 1. The van der Waals surface area contributed by atoms with Gasteiger partial charge in [0, 0.05) is 33.3 Å². The smallest absolute Gasteiger partial charge is 0.224 e. The molecule has 3 rings (SSSR count). The Morgan fingerprint density at radius 1 is 1.13 bits per heavy atom. The van der Waals surface area contributed by atoms with Crippen LogP contribution in [0, 0.1) is 0 Å². The van der Waals surface area contributed by atoms with Gasteiger partial charge in [-0.2, -0.15) is 0 Å².